The summed E-state index contributed by atoms with van der Waals surface area (Å²) < 4.78 is 5.49. The van der Waals surface area contributed by atoms with Gasteiger partial charge in [0.2, 0.25) is 16.7 Å². The van der Waals surface area contributed by atoms with Crippen molar-refractivity contribution >= 4 is 63.7 Å². The lowest BCUT2D eigenvalue weighted by molar-refractivity contribution is -0.150. The molecule has 19 heteroatoms. The van der Waals surface area contributed by atoms with Gasteiger partial charge in [0.15, 0.2) is 5.13 Å². The molecule has 4 rings (SSSR count). The number of anilines is 1. The number of amides is 2. The lowest BCUT2D eigenvalue weighted by atomic mass is 10.0. The Labute approximate surface area is 216 Å². The summed E-state index contributed by atoms with van der Waals surface area (Å²) in [6.45, 7) is 2.64. The van der Waals surface area contributed by atoms with E-state index in [1.807, 2.05) is 0 Å². The van der Waals surface area contributed by atoms with E-state index in [0.717, 1.165) is 11.5 Å². The molecule has 0 aliphatic carbocycles. The molecule has 2 amide bonds. The van der Waals surface area contributed by atoms with Crippen LogP contribution < -0.4 is 16.8 Å². The highest BCUT2D eigenvalue weighted by Crippen LogP contribution is 2.41. The Bertz CT molecular complexity index is 1230. The van der Waals surface area contributed by atoms with E-state index in [4.69, 9.17) is 16.3 Å². The fourth-order valence-corrected chi connectivity index (χ4v) is 6.19. The molecule has 6 N–H and O–H groups in total. The monoisotopic (exact) mass is 555 g/mol. The molecule has 2 aromatic heterocycles. The number of hydrogen-bond donors (Lipinski definition) is 4. The molecule has 2 aromatic rings. The summed E-state index contributed by atoms with van der Waals surface area (Å²) >= 11 is 3.46. The fraction of sp³-hybridized carbons (Fsp3) is 0.471. The minimum absolute atomic E-state index is 0.0363. The number of carbonyl (C=O) groups excluding carboxylic acids is 2. The minimum atomic E-state index is -1.24. The number of thioether (sulfide) groups is 2. The first-order valence-corrected chi connectivity index (χ1v) is 13.3. The number of aromatic nitrogens is 6. The molecule has 36 heavy (non-hydrogen) atoms. The molecule has 0 spiro atoms. The number of carboxylic acids is 1. The van der Waals surface area contributed by atoms with Crippen LogP contribution in [0.15, 0.2) is 21.6 Å². The first kappa shape index (κ1) is 25.8. The number of β-lactam (4-membered cyclic amide) rings is 1. The highest BCUT2D eigenvalue weighted by atomic mass is 32.2. The van der Waals surface area contributed by atoms with E-state index in [9.17, 15) is 19.5 Å². The number of nitrogens with zero attached hydrogens (tertiary/aromatic N) is 8. The highest BCUT2D eigenvalue weighted by molar-refractivity contribution is 8.01. The molecule has 0 saturated carbocycles. The molecule has 1 fully saturated rings. The number of tetrazole rings is 1. The Morgan fingerprint density at radius 1 is 1.42 bits per heavy atom. The second-order valence-electron chi connectivity index (χ2n) is 7.19. The molecule has 1 saturated heterocycles. The number of aliphatic carboxylic acids is 1. The van der Waals surface area contributed by atoms with Crippen molar-refractivity contribution in [1.29, 1.82) is 0 Å². The number of nitrogen functional groups attached to an aromatic ring is 1. The molecule has 2 atom stereocenters. The van der Waals surface area contributed by atoms with Crippen molar-refractivity contribution in [2.75, 3.05) is 30.4 Å². The van der Waals surface area contributed by atoms with Gasteiger partial charge in [0.25, 0.3) is 11.8 Å². The van der Waals surface area contributed by atoms with E-state index in [-0.39, 0.29) is 34.7 Å². The molecule has 2 aliphatic rings. The molecule has 192 valence electrons. The highest BCUT2D eigenvalue weighted by Gasteiger charge is 2.54. The molecule has 1 unspecified atom stereocenters. The van der Waals surface area contributed by atoms with E-state index in [2.05, 4.69) is 35.4 Å². The average molecular weight is 556 g/mol. The lowest BCUT2D eigenvalue weighted by Gasteiger charge is -2.49. The maximum atomic E-state index is 13.0. The van der Waals surface area contributed by atoms with Crippen LogP contribution in [0.2, 0.25) is 0 Å². The maximum Gasteiger partial charge on any atom is 0.352 e. The van der Waals surface area contributed by atoms with E-state index < -0.39 is 29.2 Å². The van der Waals surface area contributed by atoms with Gasteiger partial charge in [-0.25, -0.2) is 9.48 Å². The molecular weight excluding hydrogens is 534 g/mol. The summed E-state index contributed by atoms with van der Waals surface area (Å²) in [6.07, 6.45) is 0. The van der Waals surface area contributed by atoms with Crippen LogP contribution in [0.4, 0.5) is 5.13 Å². The summed E-state index contributed by atoms with van der Waals surface area (Å²) in [7, 11) is 0. The Balaban J connectivity index is 1.48. The summed E-state index contributed by atoms with van der Waals surface area (Å²) in [5, 5.41) is 27.6. The number of rotatable bonds is 11. The van der Waals surface area contributed by atoms with Gasteiger partial charge in [-0.3, -0.25) is 14.5 Å². The second kappa shape index (κ2) is 11.2. The van der Waals surface area contributed by atoms with Crippen molar-refractivity contribution in [2.45, 2.75) is 30.0 Å². The van der Waals surface area contributed by atoms with Crippen LogP contribution >= 0.6 is 35.1 Å². The zero-order chi connectivity index (χ0) is 25.8. The van der Waals surface area contributed by atoms with Gasteiger partial charge in [0.1, 0.15) is 23.7 Å². The third-order valence-corrected chi connectivity index (χ3v) is 7.83. The van der Waals surface area contributed by atoms with Crippen molar-refractivity contribution in [3.8, 4) is 0 Å². The third kappa shape index (κ3) is 5.13. The number of carbonyl (C=O) groups is 3. The van der Waals surface area contributed by atoms with Gasteiger partial charge in [-0.2, -0.15) is 9.36 Å². The van der Waals surface area contributed by atoms with Crippen LogP contribution in [0.3, 0.4) is 0 Å². The van der Waals surface area contributed by atoms with Gasteiger partial charge in [-0.1, -0.05) is 16.9 Å². The standard InChI is InChI=1S/C17H21N11O5S3/c1-2-33-23-8(11-21-16(19)36-24-11)12(29)20-9-13(30)28-10(15(31)32)7(5-34-14(9)28)6-35-17-22-25-26-27(17)4-3-18/h9,14H,2-6,18H2,1H3,(H,20,29)(H,31,32)(H2,19,21,24)/t9?,14-/m1/s1. The van der Waals surface area contributed by atoms with Crippen molar-refractivity contribution in [1.82, 2.24) is 39.8 Å². The predicted molar refractivity (Wildman–Crippen MR) is 130 cm³/mol. The van der Waals surface area contributed by atoms with Crippen molar-refractivity contribution in [2.24, 2.45) is 10.9 Å². The smallest absolute Gasteiger partial charge is 0.352 e. The number of carboxylic acid groups (broad SMARTS) is 1. The quantitative estimate of drug-likeness (QED) is 0.105. The zero-order valence-corrected chi connectivity index (χ0v) is 21.2. The van der Waals surface area contributed by atoms with Gasteiger partial charge < -0.3 is 26.7 Å². The van der Waals surface area contributed by atoms with Gasteiger partial charge in [-0.05, 0) is 22.9 Å². The lowest BCUT2D eigenvalue weighted by Crippen LogP contribution is -2.71. The Kier molecular flexibility index (Phi) is 8.01. The summed E-state index contributed by atoms with van der Waals surface area (Å²) in [6, 6.07) is -0.967. The SMILES string of the molecule is CCON=C(C(=O)NC1C(=O)N2C(C(=O)O)=C(CSc3nnnn3CCN)CS[C@H]12)c1nsc(N)n1. The van der Waals surface area contributed by atoms with Crippen LogP contribution in [0.5, 0.6) is 0 Å². The zero-order valence-electron chi connectivity index (χ0n) is 18.7. The van der Waals surface area contributed by atoms with Crippen LogP contribution in [-0.4, -0.2) is 99.1 Å². The number of nitrogens with one attached hydrogen (secondary N) is 1. The number of nitrogens with two attached hydrogens (primary N) is 2. The van der Waals surface area contributed by atoms with E-state index >= 15 is 0 Å². The molecule has 4 heterocycles. The Morgan fingerprint density at radius 3 is 2.89 bits per heavy atom. The maximum absolute atomic E-state index is 13.0. The molecular formula is C17H21N11O5S3. The summed E-state index contributed by atoms with van der Waals surface area (Å²) in [4.78, 5) is 48.1. The van der Waals surface area contributed by atoms with E-state index in [1.54, 1.807) is 6.92 Å². The Hall–Kier alpha value is -3.29. The van der Waals surface area contributed by atoms with E-state index in [0.29, 0.717) is 29.6 Å². The molecule has 0 radical (unpaired) electrons. The van der Waals surface area contributed by atoms with Crippen LogP contribution in [0.1, 0.15) is 12.7 Å². The summed E-state index contributed by atoms with van der Waals surface area (Å²) in [5.74, 6) is -1.99. The van der Waals surface area contributed by atoms with Crippen molar-refractivity contribution in [3.05, 3.63) is 17.1 Å². The van der Waals surface area contributed by atoms with Crippen LogP contribution in [-0.2, 0) is 25.8 Å². The van der Waals surface area contributed by atoms with Crippen molar-refractivity contribution in [3.63, 3.8) is 0 Å². The third-order valence-electron chi connectivity index (χ3n) is 4.91. The van der Waals surface area contributed by atoms with Gasteiger partial charge in [0.05, 0.1) is 6.54 Å². The van der Waals surface area contributed by atoms with Crippen LogP contribution in [0, 0.1) is 0 Å². The van der Waals surface area contributed by atoms with Crippen LogP contribution in [0.25, 0.3) is 0 Å². The first-order valence-electron chi connectivity index (χ1n) is 10.4. The topological polar surface area (TPSA) is 230 Å². The number of oxime groups is 1. The van der Waals surface area contributed by atoms with Gasteiger partial charge in [-0.15, -0.1) is 16.9 Å². The molecule has 0 bridgehead atoms. The minimum Gasteiger partial charge on any atom is -0.477 e. The largest absolute Gasteiger partial charge is 0.477 e. The molecule has 2 aliphatic heterocycles. The number of hydrogen-bond acceptors (Lipinski definition) is 15. The fourth-order valence-electron chi connectivity index (χ4n) is 3.36. The van der Waals surface area contributed by atoms with Crippen molar-refractivity contribution < 1.29 is 24.3 Å². The number of fused-ring (bicyclic) bond motifs is 1. The average Bonchev–Trinajstić information content (AvgIpc) is 3.49. The molecule has 16 nitrogen and oxygen atoms in total. The first-order chi connectivity index (χ1) is 17.3. The summed E-state index contributed by atoms with van der Waals surface area (Å²) in [5.41, 5.74) is 11.3. The van der Waals surface area contributed by atoms with E-state index in [1.165, 1.54) is 33.1 Å². The second-order valence-corrected chi connectivity index (χ2v) is 10.0. The normalized spacial score (nSPS) is 19.7. The molecule has 0 aromatic carbocycles. The van der Waals surface area contributed by atoms with Gasteiger partial charge >= 0.3 is 5.97 Å². The predicted octanol–water partition coefficient (Wildman–Crippen LogP) is -1.66. The Morgan fingerprint density at radius 2 is 2.22 bits per heavy atom. The van der Waals surface area contributed by atoms with Gasteiger partial charge in [0, 0.05) is 29.6 Å².